The molecule has 3 nitrogen and oxygen atoms in total. The summed E-state index contributed by atoms with van der Waals surface area (Å²) in [5, 5.41) is 9.46. The Morgan fingerprint density at radius 1 is 1.19 bits per heavy atom. The molecule has 0 heterocycles. The minimum absolute atomic E-state index is 0.0638. The third-order valence-corrected chi connectivity index (χ3v) is 3.74. The molecule has 21 heavy (non-hydrogen) atoms. The summed E-state index contributed by atoms with van der Waals surface area (Å²) in [6.07, 6.45) is 1.84. The van der Waals surface area contributed by atoms with Crippen molar-refractivity contribution in [2.75, 3.05) is 6.54 Å². The van der Waals surface area contributed by atoms with Crippen molar-refractivity contribution >= 4 is 5.91 Å². The lowest BCUT2D eigenvalue weighted by Gasteiger charge is -2.33. The first-order valence-electron chi connectivity index (χ1n) is 7.80. The van der Waals surface area contributed by atoms with Crippen molar-refractivity contribution < 1.29 is 4.79 Å². The molecule has 1 unspecified atom stereocenters. The van der Waals surface area contributed by atoms with Crippen LogP contribution in [0.3, 0.4) is 0 Å². The molecular formula is C18H26N2O. The number of carbonyl (C=O) groups excluding carboxylic acids is 1. The molecule has 0 aliphatic carbocycles. The molecular weight excluding hydrogens is 260 g/mol. The molecule has 114 valence electrons. The van der Waals surface area contributed by atoms with Gasteiger partial charge in [-0.15, -0.1) is 0 Å². The molecule has 0 saturated heterocycles. The van der Waals surface area contributed by atoms with Crippen LogP contribution in [0.5, 0.6) is 0 Å². The van der Waals surface area contributed by atoms with E-state index in [1.165, 1.54) is 0 Å². The van der Waals surface area contributed by atoms with Crippen LogP contribution in [0.1, 0.15) is 52.0 Å². The average molecular weight is 286 g/mol. The van der Waals surface area contributed by atoms with Gasteiger partial charge in [0, 0.05) is 12.6 Å². The highest BCUT2D eigenvalue weighted by Crippen LogP contribution is 2.22. The van der Waals surface area contributed by atoms with Crippen LogP contribution in [-0.2, 0) is 4.79 Å². The van der Waals surface area contributed by atoms with Crippen LogP contribution in [0.2, 0.25) is 0 Å². The smallest absolute Gasteiger partial charge is 0.244 e. The van der Waals surface area contributed by atoms with E-state index in [1.54, 1.807) is 0 Å². The summed E-state index contributed by atoms with van der Waals surface area (Å²) in [5.41, 5.74) is 0.782. The number of hydrogen-bond donors (Lipinski definition) is 0. The molecule has 0 aromatic heterocycles. The fourth-order valence-electron chi connectivity index (χ4n) is 2.63. The highest BCUT2D eigenvalue weighted by atomic mass is 16.2. The van der Waals surface area contributed by atoms with Crippen molar-refractivity contribution in [3.05, 3.63) is 35.9 Å². The third kappa shape index (κ3) is 4.60. The van der Waals surface area contributed by atoms with Crippen LogP contribution in [0, 0.1) is 17.2 Å². The highest BCUT2D eigenvalue weighted by molar-refractivity contribution is 5.86. The predicted octanol–water partition coefficient (Wildman–Crippen LogP) is 3.97. The first-order chi connectivity index (χ1) is 10.0. The maximum absolute atomic E-state index is 12.9. The minimum atomic E-state index is -0.703. The zero-order chi connectivity index (χ0) is 15.8. The number of amides is 1. The van der Waals surface area contributed by atoms with E-state index in [9.17, 15) is 10.1 Å². The average Bonchev–Trinajstić information content (AvgIpc) is 2.48. The monoisotopic (exact) mass is 286 g/mol. The van der Waals surface area contributed by atoms with Crippen molar-refractivity contribution in [3.8, 4) is 6.07 Å². The van der Waals surface area contributed by atoms with Crippen molar-refractivity contribution in [1.82, 2.24) is 4.90 Å². The zero-order valence-electron chi connectivity index (χ0n) is 13.5. The van der Waals surface area contributed by atoms with Crippen LogP contribution < -0.4 is 0 Å². The van der Waals surface area contributed by atoms with Gasteiger partial charge in [0.1, 0.15) is 5.92 Å². The van der Waals surface area contributed by atoms with Crippen LogP contribution in [0.25, 0.3) is 0 Å². The van der Waals surface area contributed by atoms with Crippen molar-refractivity contribution in [1.29, 1.82) is 5.26 Å². The first-order valence-corrected chi connectivity index (χ1v) is 7.80. The van der Waals surface area contributed by atoms with Gasteiger partial charge in [-0.2, -0.15) is 5.26 Å². The van der Waals surface area contributed by atoms with E-state index in [0.29, 0.717) is 12.5 Å². The Morgan fingerprint density at radius 3 is 2.19 bits per heavy atom. The van der Waals surface area contributed by atoms with E-state index in [2.05, 4.69) is 33.8 Å². The molecule has 1 amide bonds. The molecule has 0 N–H and O–H groups in total. The van der Waals surface area contributed by atoms with E-state index in [4.69, 9.17) is 0 Å². The second-order valence-corrected chi connectivity index (χ2v) is 5.83. The van der Waals surface area contributed by atoms with Crippen LogP contribution >= 0.6 is 0 Å². The second-order valence-electron chi connectivity index (χ2n) is 5.83. The largest absolute Gasteiger partial charge is 0.338 e. The summed E-state index contributed by atoms with van der Waals surface area (Å²) < 4.78 is 0. The Morgan fingerprint density at radius 2 is 1.76 bits per heavy atom. The lowest BCUT2D eigenvalue weighted by atomic mass is 9.96. The normalized spacial score (nSPS) is 12.2. The quantitative estimate of drug-likeness (QED) is 0.761. The Bertz CT molecular complexity index is 472. The molecule has 0 saturated carbocycles. The minimum Gasteiger partial charge on any atom is -0.338 e. The topological polar surface area (TPSA) is 44.1 Å². The number of rotatable bonds is 7. The Balaban J connectivity index is 3.05. The molecule has 1 atom stereocenters. The summed E-state index contributed by atoms with van der Waals surface area (Å²) in [6.45, 7) is 9.10. The van der Waals surface area contributed by atoms with Crippen LogP contribution in [0.4, 0.5) is 0 Å². The zero-order valence-corrected chi connectivity index (χ0v) is 13.5. The fourth-order valence-corrected chi connectivity index (χ4v) is 2.63. The van der Waals surface area contributed by atoms with E-state index < -0.39 is 5.92 Å². The summed E-state index contributed by atoms with van der Waals surface area (Å²) in [4.78, 5) is 14.8. The molecule has 0 spiro atoms. The summed E-state index contributed by atoms with van der Waals surface area (Å²) in [6, 6.07) is 11.7. The lowest BCUT2D eigenvalue weighted by Crippen LogP contribution is -2.44. The van der Waals surface area contributed by atoms with E-state index in [0.717, 1.165) is 18.4 Å². The van der Waals surface area contributed by atoms with E-state index in [1.807, 2.05) is 35.2 Å². The van der Waals surface area contributed by atoms with Crippen LogP contribution in [0.15, 0.2) is 30.3 Å². The predicted molar refractivity (Wildman–Crippen MR) is 85.7 cm³/mol. The van der Waals surface area contributed by atoms with Gasteiger partial charge < -0.3 is 4.90 Å². The molecule has 0 aliphatic heterocycles. The standard InChI is InChI=1S/C18H26N2O/c1-5-16(6-2)20(13-14(3)4)18(21)17(12-19)15-10-8-7-9-11-15/h7-11,14,16-17H,5-6,13H2,1-4H3. The Hall–Kier alpha value is -1.82. The SMILES string of the molecule is CCC(CC)N(CC(C)C)C(=O)C(C#N)c1ccccc1. The summed E-state index contributed by atoms with van der Waals surface area (Å²) in [7, 11) is 0. The summed E-state index contributed by atoms with van der Waals surface area (Å²) in [5.74, 6) is -0.374. The van der Waals surface area contributed by atoms with Gasteiger partial charge in [0.25, 0.3) is 0 Å². The number of carbonyl (C=O) groups is 1. The van der Waals surface area contributed by atoms with Gasteiger partial charge in [-0.25, -0.2) is 0 Å². The number of benzene rings is 1. The maximum atomic E-state index is 12.9. The van der Waals surface area contributed by atoms with Gasteiger partial charge in [0.05, 0.1) is 6.07 Å². The first kappa shape index (κ1) is 17.2. The molecule has 1 aromatic carbocycles. The third-order valence-electron chi connectivity index (χ3n) is 3.74. The Kier molecular flexibility index (Phi) is 6.94. The number of hydrogen-bond acceptors (Lipinski definition) is 2. The molecule has 0 radical (unpaired) electrons. The molecule has 0 bridgehead atoms. The maximum Gasteiger partial charge on any atom is 0.244 e. The molecule has 1 aromatic rings. The molecule has 3 heteroatoms. The van der Waals surface area contributed by atoms with Crippen molar-refractivity contribution in [2.45, 2.75) is 52.5 Å². The number of nitriles is 1. The van der Waals surface area contributed by atoms with Gasteiger partial charge in [-0.3, -0.25) is 4.79 Å². The van der Waals surface area contributed by atoms with Gasteiger partial charge in [0.2, 0.25) is 5.91 Å². The molecule has 0 aliphatic rings. The van der Waals surface area contributed by atoms with Gasteiger partial charge in [-0.1, -0.05) is 58.0 Å². The Labute approximate surface area is 128 Å². The van der Waals surface area contributed by atoms with E-state index in [-0.39, 0.29) is 11.9 Å². The highest BCUT2D eigenvalue weighted by Gasteiger charge is 2.29. The molecule has 1 rings (SSSR count). The van der Waals surface area contributed by atoms with Crippen molar-refractivity contribution in [3.63, 3.8) is 0 Å². The van der Waals surface area contributed by atoms with E-state index >= 15 is 0 Å². The van der Waals surface area contributed by atoms with Crippen LogP contribution in [-0.4, -0.2) is 23.4 Å². The van der Waals surface area contributed by atoms with Gasteiger partial charge in [0.15, 0.2) is 0 Å². The summed E-state index contributed by atoms with van der Waals surface area (Å²) >= 11 is 0. The second kappa shape index (κ2) is 8.46. The van der Waals surface area contributed by atoms with Gasteiger partial charge >= 0.3 is 0 Å². The fraction of sp³-hybridized carbons (Fsp3) is 0.556. The van der Waals surface area contributed by atoms with Crippen molar-refractivity contribution in [2.24, 2.45) is 5.92 Å². The number of nitrogens with zero attached hydrogens (tertiary/aromatic N) is 2. The van der Waals surface area contributed by atoms with Gasteiger partial charge in [-0.05, 0) is 24.3 Å². The lowest BCUT2D eigenvalue weighted by molar-refractivity contribution is -0.134. The molecule has 0 fully saturated rings.